The third kappa shape index (κ3) is 3.10. The third-order valence-electron chi connectivity index (χ3n) is 2.33. The van der Waals surface area contributed by atoms with E-state index >= 15 is 0 Å². The van der Waals surface area contributed by atoms with Gasteiger partial charge in [-0.2, -0.15) is 0 Å². The number of hydrogen-bond donors (Lipinski definition) is 2. The molecule has 1 heterocycles. The Morgan fingerprint density at radius 3 is 2.47 bits per heavy atom. The summed E-state index contributed by atoms with van der Waals surface area (Å²) in [5.41, 5.74) is -0.138. The van der Waals surface area contributed by atoms with Crippen LogP contribution < -0.4 is 10.7 Å². The second kappa shape index (κ2) is 5.65. The molecule has 0 aliphatic heterocycles. The molecule has 2 rings (SSSR count). The van der Waals surface area contributed by atoms with Gasteiger partial charge in [0.05, 0.1) is 20.8 Å². The molecule has 0 fully saturated rings. The van der Waals surface area contributed by atoms with Gasteiger partial charge in [-0.05, 0) is 12.1 Å². The van der Waals surface area contributed by atoms with E-state index in [-0.39, 0.29) is 26.3 Å². The molecule has 0 saturated carbocycles. The predicted octanol–water partition coefficient (Wildman–Crippen LogP) is 3.59. The number of carbonyl (C=O) groups is 1. The highest BCUT2D eigenvalue weighted by Gasteiger charge is 2.13. The van der Waals surface area contributed by atoms with Gasteiger partial charge in [0.15, 0.2) is 5.43 Å². The zero-order valence-corrected chi connectivity index (χ0v) is 11.6. The van der Waals surface area contributed by atoms with E-state index in [4.69, 9.17) is 34.8 Å². The van der Waals surface area contributed by atoms with Crippen LogP contribution in [0.15, 0.2) is 35.4 Å². The first-order chi connectivity index (χ1) is 8.99. The molecule has 2 N–H and O–H groups in total. The summed E-state index contributed by atoms with van der Waals surface area (Å²) in [6.07, 6.45) is 2.74. The van der Waals surface area contributed by atoms with Gasteiger partial charge in [-0.25, -0.2) is 0 Å². The van der Waals surface area contributed by atoms with Crippen LogP contribution in [0.25, 0.3) is 0 Å². The quantitative estimate of drug-likeness (QED) is 0.832. The number of carbonyl (C=O) groups excluding carboxylic acids is 1. The number of halogens is 3. The lowest BCUT2D eigenvalue weighted by Gasteiger charge is -2.08. The van der Waals surface area contributed by atoms with Gasteiger partial charge in [-0.1, -0.05) is 34.8 Å². The summed E-state index contributed by atoms with van der Waals surface area (Å²) in [6, 6.07) is 4.09. The first-order valence-electron chi connectivity index (χ1n) is 5.12. The second-order valence-electron chi connectivity index (χ2n) is 3.62. The summed E-state index contributed by atoms with van der Waals surface area (Å²) in [5, 5.41) is 3.27. The Hall–Kier alpha value is -1.49. The summed E-state index contributed by atoms with van der Waals surface area (Å²) in [6.45, 7) is 0. The molecule has 0 spiro atoms. The molecule has 4 nitrogen and oxygen atoms in total. The van der Waals surface area contributed by atoms with E-state index in [0.29, 0.717) is 0 Å². The average molecular weight is 318 g/mol. The van der Waals surface area contributed by atoms with E-state index in [1.54, 1.807) is 0 Å². The summed E-state index contributed by atoms with van der Waals surface area (Å²) >= 11 is 17.5. The molecule has 0 radical (unpaired) electrons. The lowest BCUT2D eigenvalue weighted by molar-refractivity contribution is 0.102. The molecule has 1 aromatic carbocycles. The molecule has 0 atom stereocenters. The fourth-order valence-electron chi connectivity index (χ4n) is 1.40. The largest absolute Gasteiger partial charge is 0.367 e. The molecule has 0 unspecified atom stereocenters. The number of nitrogens with one attached hydrogen (secondary N) is 2. The van der Waals surface area contributed by atoms with Gasteiger partial charge in [-0.15, -0.1) is 0 Å². The van der Waals surface area contributed by atoms with Gasteiger partial charge < -0.3 is 10.3 Å². The number of hydrogen-bond acceptors (Lipinski definition) is 2. The molecule has 19 heavy (non-hydrogen) atoms. The Morgan fingerprint density at radius 2 is 1.79 bits per heavy atom. The van der Waals surface area contributed by atoms with Crippen molar-refractivity contribution in [2.45, 2.75) is 0 Å². The minimum atomic E-state index is -0.581. The average Bonchev–Trinajstić information content (AvgIpc) is 2.36. The fraction of sp³-hybridized carbons (Fsp3) is 0. The molecule has 0 aliphatic carbocycles. The minimum Gasteiger partial charge on any atom is -0.367 e. The van der Waals surface area contributed by atoms with Crippen molar-refractivity contribution in [1.29, 1.82) is 0 Å². The van der Waals surface area contributed by atoms with Gasteiger partial charge >= 0.3 is 0 Å². The van der Waals surface area contributed by atoms with Crippen LogP contribution in [0, 0.1) is 0 Å². The van der Waals surface area contributed by atoms with Crippen molar-refractivity contribution >= 4 is 46.4 Å². The van der Waals surface area contributed by atoms with Gasteiger partial charge in [0.25, 0.3) is 5.91 Å². The number of pyridine rings is 1. The highest BCUT2D eigenvalue weighted by atomic mass is 35.5. The highest BCUT2D eigenvalue weighted by Crippen LogP contribution is 2.32. The predicted molar refractivity (Wildman–Crippen MR) is 76.5 cm³/mol. The summed E-state index contributed by atoms with van der Waals surface area (Å²) in [4.78, 5) is 26.1. The zero-order valence-electron chi connectivity index (χ0n) is 9.34. The number of aromatic amines is 1. The molecule has 1 aromatic heterocycles. The Kier molecular flexibility index (Phi) is 4.14. The van der Waals surface area contributed by atoms with Crippen LogP contribution in [0.5, 0.6) is 0 Å². The lowest BCUT2D eigenvalue weighted by atomic mass is 10.2. The molecule has 2 aromatic rings. The van der Waals surface area contributed by atoms with Crippen molar-refractivity contribution in [3.63, 3.8) is 0 Å². The third-order valence-corrected chi connectivity index (χ3v) is 3.36. The maximum Gasteiger partial charge on any atom is 0.261 e. The van der Waals surface area contributed by atoms with E-state index in [9.17, 15) is 9.59 Å². The maximum absolute atomic E-state index is 11.9. The van der Waals surface area contributed by atoms with Crippen LogP contribution in [-0.2, 0) is 0 Å². The van der Waals surface area contributed by atoms with Crippen LogP contribution in [0.2, 0.25) is 15.1 Å². The molecular formula is C12H7Cl3N2O2. The lowest BCUT2D eigenvalue weighted by Crippen LogP contribution is -2.21. The van der Waals surface area contributed by atoms with E-state index in [1.807, 2.05) is 0 Å². The van der Waals surface area contributed by atoms with Crippen molar-refractivity contribution in [2.24, 2.45) is 0 Å². The van der Waals surface area contributed by atoms with Crippen LogP contribution in [0.4, 0.5) is 5.69 Å². The SMILES string of the molecule is O=C(Nc1cc(Cl)c(Cl)cc1Cl)c1c[nH]ccc1=O. The van der Waals surface area contributed by atoms with E-state index < -0.39 is 11.3 Å². The zero-order chi connectivity index (χ0) is 14.0. The topological polar surface area (TPSA) is 62.0 Å². The molecule has 0 saturated heterocycles. The Morgan fingerprint density at radius 1 is 1.11 bits per heavy atom. The molecule has 7 heteroatoms. The van der Waals surface area contributed by atoms with Crippen molar-refractivity contribution in [1.82, 2.24) is 4.98 Å². The fourth-order valence-corrected chi connectivity index (χ4v) is 2.00. The van der Waals surface area contributed by atoms with E-state index in [0.717, 1.165) is 0 Å². The van der Waals surface area contributed by atoms with Crippen molar-refractivity contribution in [3.8, 4) is 0 Å². The number of rotatable bonds is 2. The summed E-state index contributed by atoms with van der Waals surface area (Å²) < 4.78 is 0. The first kappa shape index (κ1) is 13.9. The molecule has 0 aliphatic rings. The summed E-state index contributed by atoms with van der Waals surface area (Å²) in [7, 11) is 0. The monoisotopic (exact) mass is 316 g/mol. The van der Waals surface area contributed by atoms with Crippen molar-refractivity contribution in [3.05, 3.63) is 61.4 Å². The van der Waals surface area contributed by atoms with E-state index in [1.165, 1.54) is 30.6 Å². The maximum atomic E-state index is 11.9. The van der Waals surface area contributed by atoms with Gasteiger partial charge in [-0.3, -0.25) is 9.59 Å². The van der Waals surface area contributed by atoms with Crippen LogP contribution in [0.1, 0.15) is 10.4 Å². The highest BCUT2D eigenvalue weighted by molar-refractivity contribution is 6.44. The number of amides is 1. The second-order valence-corrected chi connectivity index (χ2v) is 4.84. The number of aromatic nitrogens is 1. The Labute approximate surface area is 123 Å². The molecule has 0 bridgehead atoms. The minimum absolute atomic E-state index is 0.0235. The van der Waals surface area contributed by atoms with Crippen molar-refractivity contribution in [2.75, 3.05) is 5.32 Å². The molecule has 98 valence electrons. The normalized spacial score (nSPS) is 10.3. The van der Waals surface area contributed by atoms with Crippen LogP contribution >= 0.6 is 34.8 Å². The Bertz CT molecular complexity index is 698. The van der Waals surface area contributed by atoms with E-state index in [2.05, 4.69) is 10.3 Å². The Balaban J connectivity index is 2.32. The summed E-state index contributed by atoms with van der Waals surface area (Å²) in [5.74, 6) is -0.581. The van der Waals surface area contributed by atoms with Crippen LogP contribution in [0.3, 0.4) is 0 Å². The van der Waals surface area contributed by atoms with Gasteiger partial charge in [0.1, 0.15) is 5.56 Å². The first-order valence-corrected chi connectivity index (χ1v) is 6.25. The van der Waals surface area contributed by atoms with Gasteiger partial charge in [0, 0.05) is 18.5 Å². The number of H-pyrrole nitrogens is 1. The number of benzene rings is 1. The standard InChI is InChI=1S/C12H7Cl3N2O2/c13-7-3-9(15)10(4-8(7)14)17-12(19)6-5-16-2-1-11(6)18/h1-5H,(H,16,18)(H,17,19). The van der Waals surface area contributed by atoms with Crippen molar-refractivity contribution < 1.29 is 4.79 Å². The van der Waals surface area contributed by atoms with Crippen LogP contribution in [-0.4, -0.2) is 10.9 Å². The smallest absolute Gasteiger partial charge is 0.261 e. The van der Waals surface area contributed by atoms with Gasteiger partial charge in [0.2, 0.25) is 0 Å². The number of anilines is 1. The molecule has 1 amide bonds. The molecular weight excluding hydrogens is 311 g/mol.